The average molecular weight is 258 g/mol. The van der Waals surface area contributed by atoms with Crippen LogP contribution in [0.2, 0.25) is 0 Å². The predicted molar refractivity (Wildman–Crippen MR) is 58.8 cm³/mol. The molecule has 17 heavy (non-hydrogen) atoms. The normalized spacial score (nSPS) is 9.47. The summed E-state index contributed by atoms with van der Waals surface area (Å²) in [5.74, 6) is -0.563. The van der Waals surface area contributed by atoms with E-state index in [0.717, 1.165) is 0 Å². The molecular weight excluding hydrogens is 247 g/mol. The SMILES string of the molecule is COC(=O)c1cc(=O)n(-c2ccccc2)[nH]1.[H-].[K+]. The molecule has 0 unspecified atom stereocenters. The van der Waals surface area contributed by atoms with Gasteiger partial charge in [-0.15, -0.1) is 0 Å². The van der Waals surface area contributed by atoms with Gasteiger partial charge in [0, 0.05) is 6.07 Å². The summed E-state index contributed by atoms with van der Waals surface area (Å²) in [5, 5.41) is 2.68. The third-order valence-electron chi connectivity index (χ3n) is 2.14. The van der Waals surface area contributed by atoms with Gasteiger partial charge in [-0.25, -0.2) is 9.48 Å². The Morgan fingerprint density at radius 1 is 1.35 bits per heavy atom. The second-order valence-corrected chi connectivity index (χ2v) is 3.17. The van der Waals surface area contributed by atoms with Gasteiger partial charge >= 0.3 is 57.4 Å². The number of hydrogen-bond acceptors (Lipinski definition) is 3. The van der Waals surface area contributed by atoms with Crippen molar-refractivity contribution >= 4 is 5.97 Å². The van der Waals surface area contributed by atoms with E-state index in [1.165, 1.54) is 17.9 Å². The Kier molecular flexibility index (Phi) is 5.35. The number of nitrogens with one attached hydrogen (secondary N) is 1. The van der Waals surface area contributed by atoms with Crippen LogP contribution in [0.4, 0.5) is 0 Å². The molecule has 0 radical (unpaired) electrons. The maximum absolute atomic E-state index is 11.6. The van der Waals surface area contributed by atoms with Crippen molar-refractivity contribution in [1.82, 2.24) is 9.78 Å². The minimum absolute atomic E-state index is 0. The number of aromatic amines is 1. The molecule has 0 saturated heterocycles. The second kappa shape index (κ2) is 6.32. The number of rotatable bonds is 2. The van der Waals surface area contributed by atoms with Crippen LogP contribution in [-0.4, -0.2) is 22.9 Å². The van der Waals surface area contributed by atoms with Crippen molar-refractivity contribution in [3.8, 4) is 5.69 Å². The van der Waals surface area contributed by atoms with Gasteiger partial charge in [-0.3, -0.25) is 9.89 Å². The first-order chi connectivity index (χ1) is 7.72. The molecule has 1 heterocycles. The van der Waals surface area contributed by atoms with Gasteiger partial charge < -0.3 is 6.16 Å². The molecule has 0 fully saturated rings. The number of H-pyrrole nitrogens is 1. The summed E-state index contributed by atoms with van der Waals surface area (Å²) in [4.78, 5) is 22.8. The predicted octanol–water partition coefficient (Wildman–Crippen LogP) is -1.93. The molecule has 0 saturated carbocycles. The van der Waals surface area contributed by atoms with E-state index < -0.39 is 5.97 Å². The van der Waals surface area contributed by atoms with Gasteiger partial charge in [0.1, 0.15) is 5.69 Å². The zero-order valence-corrected chi connectivity index (χ0v) is 12.8. The summed E-state index contributed by atoms with van der Waals surface area (Å²) >= 11 is 0. The van der Waals surface area contributed by atoms with E-state index in [1.807, 2.05) is 6.07 Å². The molecule has 0 aliphatic rings. The van der Waals surface area contributed by atoms with Crippen LogP contribution in [0.5, 0.6) is 0 Å². The van der Waals surface area contributed by atoms with Crippen LogP contribution in [-0.2, 0) is 4.74 Å². The molecule has 1 N–H and O–H groups in total. The van der Waals surface area contributed by atoms with Crippen molar-refractivity contribution in [2.75, 3.05) is 7.11 Å². The molecule has 0 bridgehead atoms. The molecule has 84 valence electrons. The van der Waals surface area contributed by atoms with Crippen molar-refractivity contribution < 1.29 is 62.3 Å². The van der Waals surface area contributed by atoms with E-state index in [0.29, 0.717) is 5.69 Å². The van der Waals surface area contributed by atoms with E-state index >= 15 is 0 Å². The summed E-state index contributed by atoms with van der Waals surface area (Å²) in [6.45, 7) is 0. The Bertz CT molecular complexity index is 565. The fourth-order valence-electron chi connectivity index (χ4n) is 1.38. The number of aromatic nitrogens is 2. The molecule has 6 heteroatoms. The maximum atomic E-state index is 11.6. The average Bonchev–Trinajstić information content (AvgIpc) is 2.71. The molecule has 0 aliphatic carbocycles. The topological polar surface area (TPSA) is 64.1 Å². The largest absolute Gasteiger partial charge is 1.00 e. The monoisotopic (exact) mass is 258 g/mol. The molecule has 1 aromatic heterocycles. The minimum atomic E-state index is -0.563. The van der Waals surface area contributed by atoms with E-state index in [9.17, 15) is 9.59 Å². The third kappa shape index (κ3) is 3.17. The number of benzene rings is 1. The zero-order valence-electron chi connectivity index (χ0n) is 10.6. The van der Waals surface area contributed by atoms with Crippen molar-refractivity contribution in [3.63, 3.8) is 0 Å². The first-order valence-electron chi connectivity index (χ1n) is 4.68. The number of nitrogens with zero attached hydrogens (tertiary/aromatic N) is 1. The Morgan fingerprint density at radius 2 is 2.00 bits per heavy atom. The first kappa shape index (κ1) is 14.4. The van der Waals surface area contributed by atoms with Gasteiger partial charge in [-0.1, -0.05) is 18.2 Å². The summed E-state index contributed by atoms with van der Waals surface area (Å²) in [7, 11) is 1.26. The number of ether oxygens (including phenoxy) is 1. The number of methoxy groups -OCH3 is 1. The smallest absolute Gasteiger partial charge is 1.00 e. The minimum Gasteiger partial charge on any atom is -1.00 e. The molecule has 1 aromatic carbocycles. The third-order valence-corrected chi connectivity index (χ3v) is 2.14. The van der Waals surface area contributed by atoms with E-state index in [-0.39, 0.29) is 64.1 Å². The van der Waals surface area contributed by atoms with Gasteiger partial charge in [0.25, 0.3) is 5.56 Å². The number of para-hydroxylation sites is 1. The summed E-state index contributed by atoms with van der Waals surface area (Å²) < 4.78 is 5.80. The molecular formula is C11H11KN2O3. The van der Waals surface area contributed by atoms with Crippen LogP contribution in [0.3, 0.4) is 0 Å². The molecule has 0 aliphatic heterocycles. The molecule has 5 nitrogen and oxygen atoms in total. The van der Waals surface area contributed by atoms with Crippen LogP contribution in [0.15, 0.2) is 41.2 Å². The van der Waals surface area contributed by atoms with E-state index in [4.69, 9.17) is 0 Å². The van der Waals surface area contributed by atoms with Crippen LogP contribution in [0.1, 0.15) is 11.9 Å². The second-order valence-electron chi connectivity index (χ2n) is 3.17. The van der Waals surface area contributed by atoms with Crippen LogP contribution in [0, 0.1) is 0 Å². The molecule has 0 spiro atoms. The van der Waals surface area contributed by atoms with Gasteiger partial charge in [-0.05, 0) is 12.1 Å². The molecule has 0 amide bonds. The van der Waals surface area contributed by atoms with Crippen LogP contribution < -0.4 is 56.9 Å². The first-order valence-corrected chi connectivity index (χ1v) is 4.68. The summed E-state index contributed by atoms with van der Waals surface area (Å²) in [5.41, 5.74) is 0.505. The van der Waals surface area contributed by atoms with E-state index in [1.54, 1.807) is 24.3 Å². The molecule has 2 aromatic rings. The van der Waals surface area contributed by atoms with Crippen molar-refractivity contribution in [2.24, 2.45) is 0 Å². The number of esters is 1. The van der Waals surface area contributed by atoms with Crippen molar-refractivity contribution in [1.29, 1.82) is 0 Å². The van der Waals surface area contributed by atoms with Gasteiger partial charge in [-0.2, -0.15) is 0 Å². The Hall–Kier alpha value is -0.664. The van der Waals surface area contributed by atoms with Gasteiger partial charge in [0.05, 0.1) is 12.8 Å². The summed E-state index contributed by atoms with van der Waals surface area (Å²) in [6, 6.07) is 10.2. The van der Waals surface area contributed by atoms with Crippen LogP contribution in [0.25, 0.3) is 5.69 Å². The Balaban J connectivity index is 0.00000144. The van der Waals surface area contributed by atoms with Crippen molar-refractivity contribution in [3.05, 3.63) is 52.4 Å². The fraction of sp³-hybridized carbons (Fsp3) is 0.0909. The number of carbonyl (C=O) groups excluding carboxylic acids is 1. The molecule has 0 atom stereocenters. The van der Waals surface area contributed by atoms with Crippen LogP contribution >= 0.6 is 0 Å². The molecule has 2 rings (SSSR count). The zero-order chi connectivity index (χ0) is 11.5. The Morgan fingerprint density at radius 3 is 2.59 bits per heavy atom. The standard InChI is InChI=1S/C11H10N2O3.K.H/c1-16-11(15)9-7-10(14)13(12-9)8-5-3-2-4-6-8;;/h2-7,12H,1H3;;/q;+1;-1. The Labute approximate surface area is 142 Å². The quantitative estimate of drug-likeness (QED) is 0.504. The van der Waals surface area contributed by atoms with Gasteiger partial charge in [0.15, 0.2) is 0 Å². The number of carbonyl (C=O) groups is 1. The fourth-order valence-corrected chi connectivity index (χ4v) is 1.38. The van der Waals surface area contributed by atoms with Gasteiger partial charge in [0.2, 0.25) is 0 Å². The summed E-state index contributed by atoms with van der Waals surface area (Å²) in [6.07, 6.45) is 0. The number of hydrogen-bond donors (Lipinski definition) is 1. The maximum Gasteiger partial charge on any atom is 1.00 e. The van der Waals surface area contributed by atoms with E-state index in [2.05, 4.69) is 9.84 Å². The van der Waals surface area contributed by atoms with Crippen molar-refractivity contribution in [2.45, 2.75) is 0 Å².